The van der Waals surface area contributed by atoms with Gasteiger partial charge in [-0.3, -0.25) is 4.98 Å². The van der Waals surface area contributed by atoms with E-state index in [4.69, 9.17) is 0 Å². The zero-order chi connectivity index (χ0) is 14.1. The van der Waals surface area contributed by atoms with Crippen LogP contribution in [0.25, 0.3) is 10.9 Å². The van der Waals surface area contributed by atoms with Crippen LogP contribution in [-0.2, 0) is 7.05 Å². The van der Waals surface area contributed by atoms with Crippen molar-refractivity contribution in [2.75, 3.05) is 0 Å². The van der Waals surface area contributed by atoms with Gasteiger partial charge in [-0.15, -0.1) is 0 Å². The summed E-state index contributed by atoms with van der Waals surface area (Å²) >= 11 is 1.34. The van der Waals surface area contributed by atoms with E-state index in [1.165, 1.54) is 18.0 Å². The van der Waals surface area contributed by atoms with Crippen LogP contribution in [0.4, 0.5) is 0 Å². The Bertz CT molecular complexity index is 798. The molecule has 3 aromatic rings. The van der Waals surface area contributed by atoms with Gasteiger partial charge in [-0.05, 0) is 17.8 Å². The van der Waals surface area contributed by atoms with Gasteiger partial charge in [0.15, 0.2) is 5.16 Å². The fourth-order valence-electron chi connectivity index (χ4n) is 1.92. The Balaban J connectivity index is 2.22. The van der Waals surface area contributed by atoms with Crippen LogP contribution < -0.4 is 0 Å². The van der Waals surface area contributed by atoms with Crippen molar-refractivity contribution in [2.24, 2.45) is 7.05 Å². The molecule has 0 unspecified atom stereocenters. The number of para-hydroxylation sites is 1. The van der Waals surface area contributed by atoms with Gasteiger partial charge >= 0.3 is 5.97 Å². The summed E-state index contributed by atoms with van der Waals surface area (Å²) in [5.41, 5.74) is 0.964. The van der Waals surface area contributed by atoms with Gasteiger partial charge in [-0.2, -0.15) is 0 Å². The molecular weight excluding hydrogens is 274 g/mol. The van der Waals surface area contributed by atoms with Crippen LogP contribution >= 0.6 is 11.8 Å². The summed E-state index contributed by atoms with van der Waals surface area (Å²) in [7, 11) is 1.87. The Morgan fingerprint density at radius 3 is 2.80 bits per heavy atom. The zero-order valence-electron chi connectivity index (χ0n) is 10.6. The molecule has 1 aromatic carbocycles. The molecule has 0 aliphatic rings. The van der Waals surface area contributed by atoms with Crippen LogP contribution in [0.15, 0.2) is 52.9 Å². The number of nitrogens with zero attached hydrogens (tertiary/aromatic N) is 3. The molecule has 1 N–H and O–H groups in total. The van der Waals surface area contributed by atoms with Crippen LogP contribution in [0.1, 0.15) is 10.4 Å². The Morgan fingerprint density at radius 2 is 2.10 bits per heavy atom. The van der Waals surface area contributed by atoms with Gasteiger partial charge in [-0.25, -0.2) is 9.78 Å². The predicted molar refractivity (Wildman–Crippen MR) is 76.0 cm³/mol. The lowest BCUT2D eigenvalue weighted by Gasteiger charge is -2.09. The van der Waals surface area contributed by atoms with Crippen molar-refractivity contribution in [3.63, 3.8) is 0 Å². The summed E-state index contributed by atoms with van der Waals surface area (Å²) in [5, 5.41) is 10.9. The van der Waals surface area contributed by atoms with Crippen molar-refractivity contribution < 1.29 is 9.90 Å². The third-order valence-electron chi connectivity index (χ3n) is 2.93. The van der Waals surface area contributed by atoms with E-state index in [1.807, 2.05) is 42.1 Å². The molecule has 0 amide bonds. The van der Waals surface area contributed by atoms with E-state index in [-0.39, 0.29) is 5.56 Å². The van der Waals surface area contributed by atoms with Gasteiger partial charge in [-0.1, -0.05) is 18.2 Å². The smallest absolute Gasteiger partial charge is 0.338 e. The van der Waals surface area contributed by atoms with E-state index in [0.29, 0.717) is 4.90 Å². The fourth-order valence-corrected chi connectivity index (χ4v) is 2.95. The van der Waals surface area contributed by atoms with E-state index >= 15 is 0 Å². The topological polar surface area (TPSA) is 68.0 Å². The highest BCUT2D eigenvalue weighted by atomic mass is 32.2. The first kappa shape index (κ1) is 12.7. The number of hydrogen-bond donors (Lipinski definition) is 1. The maximum atomic E-state index is 11.4. The minimum atomic E-state index is -0.986. The molecule has 20 heavy (non-hydrogen) atoms. The number of pyridine rings is 1. The number of aromatic carboxylic acids is 1. The van der Waals surface area contributed by atoms with Crippen molar-refractivity contribution in [1.82, 2.24) is 14.5 Å². The zero-order valence-corrected chi connectivity index (χ0v) is 11.5. The molecular formula is C14H11N3O2S. The maximum absolute atomic E-state index is 11.4. The number of benzene rings is 1. The second kappa shape index (κ2) is 4.97. The van der Waals surface area contributed by atoms with E-state index in [1.54, 1.807) is 6.20 Å². The maximum Gasteiger partial charge on any atom is 0.338 e. The van der Waals surface area contributed by atoms with Gasteiger partial charge in [0.25, 0.3) is 0 Å². The molecule has 0 saturated heterocycles. The number of rotatable bonds is 3. The summed E-state index contributed by atoms with van der Waals surface area (Å²) in [6.45, 7) is 0. The monoisotopic (exact) mass is 285 g/mol. The Hall–Kier alpha value is -2.34. The standard InChI is InChI=1S/C14H11N3O2S/c1-17-7-6-15-14(17)20-12-9-4-2-3-5-11(9)16-8-10(12)13(18)19/h2-8H,1H3,(H,18,19). The van der Waals surface area contributed by atoms with Gasteiger partial charge in [0.1, 0.15) is 0 Å². The van der Waals surface area contributed by atoms with Crippen LogP contribution in [0.3, 0.4) is 0 Å². The van der Waals surface area contributed by atoms with Crippen molar-refractivity contribution in [2.45, 2.75) is 10.1 Å². The largest absolute Gasteiger partial charge is 0.478 e. The minimum Gasteiger partial charge on any atom is -0.478 e. The second-order valence-corrected chi connectivity index (χ2v) is 5.22. The number of carboxylic acid groups (broad SMARTS) is 1. The van der Waals surface area contributed by atoms with Crippen LogP contribution in [0, 0.1) is 0 Å². The first-order valence-electron chi connectivity index (χ1n) is 5.93. The van der Waals surface area contributed by atoms with Gasteiger partial charge < -0.3 is 9.67 Å². The average Bonchev–Trinajstić information content (AvgIpc) is 2.84. The molecule has 0 atom stereocenters. The molecule has 0 radical (unpaired) electrons. The number of carbonyl (C=O) groups is 1. The molecule has 100 valence electrons. The number of aryl methyl sites for hydroxylation is 1. The number of hydrogen-bond acceptors (Lipinski definition) is 4. The van der Waals surface area contributed by atoms with Crippen LogP contribution in [0.5, 0.6) is 0 Å². The number of carboxylic acids is 1. The number of imidazole rings is 1. The second-order valence-electron chi connectivity index (χ2n) is 4.25. The first-order valence-corrected chi connectivity index (χ1v) is 6.74. The van der Waals surface area contributed by atoms with Crippen LogP contribution in [0.2, 0.25) is 0 Å². The van der Waals surface area contributed by atoms with Gasteiger partial charge in [0.2, 0.25) is 0 Å². The summed E-state index contributed by atoms with van der Waals surface area (Å²) in [5.74, 6) is -0.986. The van der Waals surface area contributed by atoms with E-state index in [0.717, 1.165) is 16.1 Å². The van der Waals surface area contributed by atoms with Gasteiger partial charge in [0.05, 0.1) is 11.1 Å². The van der Waals surface area contributed by atoms with Crippen molar-refractivity contribution in [1.29, 1.82) is 0 Å². The van der Waals surface area contributed by atoms with E-state index < -0.39 is 5.97 Å². The number of aromatic nitrogens is 3. The molecule has 0 fully saturated rings. The Kier molecular flexibility index (Phi) is 3.15. The molecule has 0 bridgehead atoms. The molecule has 0 aliphatic carbocycles. The van der Waals surface area contributed by atoms with Crippen molar-refractivity contribution in [3.05, 3.63) is 48.4 Å². The van der Waals surface area contributed by atoms with Crippen molar-refractivity contribution in [3.8, 4) is 0 Å². The molecule has 6 heteroatoms. The predicted octanol–water partition coefficient (Wildman–Crippen LogP) is 2.82. The normalized spacial score (nSPS) is 10.8. The SMILES string of the molecule is Cn1ccnc1Sc1c(C(=O)O)cnc2ccccc12. The fraction of sp³-hybridized carbons (Fsp3) is 0.0714. The highest BCUT2D eigenvalue weighted by Crippen LogP contribution is 2.34. The quantitative estimate of drug-likeness (QED) is 0.801. The third-order valence-corrected chi connectivity index (χ3v) is 4.15. The summed E-state index contributed by atoms with van der Waals surface area (Å²) in [6, 6.07) is 7.49. The lowest BCUT2D eigenvalue weighted by molar-refractivity contribution is 0.0693. The van der Waals surface area contributed by atoms with Gasteiger partial charge in [0, 0.05) is 35.9 Å². The summed E-state index contributed by atoms with van der Waals surface area (Å²) in [4.78, 5) is 20.5. The minimum absolute atomic E-state index is 0.191. The molecule has 0 saturated carbocycles. The van der Waals surface area contributed by atoms with Crippen LogP contribution in [-0.4, -0.2) is 25.6 Å². The molecule has 3 rings (SSSR count). The Morgan fingerprint density at radius 1 is 1.30 bits per heavy atom. The lowest BCUT2D eigenvalue weighted by atomic mass is 10.1. The Labute approximate surface area is 119 Å². The number of fused-ring (bicyclic) bond motifs is 1. The molecule has 0 spiro atoms. The van der Waals surface area contributed by atoms with E-state index in [9.17, 15) is 9.90 Å². The molecule has 5 nitrogen and oxygen atoms in total. The summed E-state index contributed by atoms with van der Waals surface area (Å²) in [6.07, 6.45) is 4.91. The highest BCUT2D eigenvalue weighted by Gasteiger charge is 2.17. The third kappa shape index (κ3) is 2.14. The average molecular weight is 285 g/mol. The first-order chi connectivity index (χ1) is 9.66. The molecule has 0 aliphatic heterocycles. The van der Waals surface area contributed by atoms with E-state index in [2.05, 4.69) is 9.97 Å². The highest BCUT2D eigenvalue weighted by molar-refractivity contribution is 7.99. The lowest BCUT2D eigenvalue weighted by Crippen LogP contribution is -2.01. The molecule has 2 heterocycles. The van der Waals surface area contributed by atoms with Crippen molar-refractivity contribution >= 4 is 28.6 Å². The summed E-state index contributed by atoms with van der Waals surface area (Å²) < 4.78 is 1.85. The molecule has 2 aromatic heterocycles.